The zero-order valence-corrected chi connectivity index (χ0v) is 37.7. The molecule has 5 rings (SSSR count). The Labute approximate surface area is 352 Å². The highest BCUT2D eigenvalue weighted by Gasteiger charge is 2.70. The summed E-state index contributed by atoms with van der Waals surface area (Å²) >= 11 is 0. The number of carbonyl (C=O) groups excluding carboxylic acids is 6. The smallest absolute Gasteiger partial charge is 0.315 e. The molecule has 0 aromatic rings. The van der Waals surface area contributed by atoms with Crippen molar-refractivity contribution >= 4 is 45.3 Å². The van der Waals surface area contributed by atoms with Crippen LogP contribution in [-0.4, -0.2) is 102 Å². The van der Waals surface area contributed by atoms with Gasteiger partial charge in [0.2, 0.25) is 23.5 Å². The summed E-state index contributed by atoms with van der Waals surface area (Å²) in [7, 11) is -3.59. The van der Waals surface area contributed by atoms with Gasteiger partial charge in [-0.05, 0) is 87.4 Å². The minimum absolute atomic E-state index is 0.0292. The van der Waals surface area contributed by atoms with E-state index >= 15 is 0 Å². The molecule has 5 N–H and O–H groups in total. The molecule has 0 bridgehead atoms. The minimum atomic E-state index is -3.59. The maximum atomic E-state index is 14.8. The van der Waals surface area contributed by atoms with Crippen molar-refractivity contribution in [1.82, 2.24) is 31.5 Å². The first kappa shape index (κ1) is 46.6. The maximum absolute atomic E-state index is 14.8. The summed E-state index contributed by atoms with van der Waals surface area (Å²) < 4.78 is 25.9. The van der Waals surface area contributed by atoms with E-state index in [1.54, 1.807) is 25.7 Å². The normalized spacial score (nSPS) is 25.6. The first-order valence-corrected chi connectivity index (χ1v) is 23.7. The van der Waals surface area contributed by atoms with E-state index in [2.05, 4.69) is 47.0 Å². The van der Waals surface area contributed by atoms with Crippen molar-refractivity contribution in [2.24, 2.45) is 34.5 Å². The number of hydrogen-bond donors (Lipinski definition) is 5. The molecule has 1 aliphatic heterocycles. The van der Waals surface area contributed by atoms with E-state index in [0.29, 0.717) is 38.6 Å². The van der Waals surface area contributed by atoms with Gasteiger partial charge in [-0.2, -0.15) is 0 Å². The van der Waals surface area contributed by atoms with E-state index in [1.165, 1.54) is 6.08 Å². The zero-order valence-electron chi connectivity index (χ0n) is 36.8. The number of nitrogens with zero attached hydrogens (tertiary/aromatic N) is 1. The predicted octanol–water partition coefficient (Wildman–Crippen LogP) is 4.32. The Morgan fingerprint density at radius 1 is 0.847 bits per heavy atom. The number of Topliss-reactive ketones (excluding diaryl/α,β-unsaturated/α-hetero) is 1. The summed E-state index contributed by atoms with van der Waals surface area (Å²) in [5.41, 5.74) is -2.01. The SMILES string of the molecule is C=CCNC(=O)C(=O)C(CC1CC1)NC(=O)[C@@H]1[C@@H]2[C@H](CN1C(=O)[C@@H](NC(=O)[C@@H](NC(=O)NC1(CS(=O)(=O)C(C)(C)C)CCCCC1)C1CCCCC1)C(C)(C)C)C2(C)C. The molecule has 0 radical (unpaired) electrons. The Bertz CT molecular complexity index is 1730. The van der Waals surface area contributed by atoms with Gasteiger partial charge in [0.1, 0.15) is 18.1 Å². The fourth-order valence-corrected chi connectivity index (χ4v) is 11.4. The summed E-state index contributed by atoms with van der Waals surface area (Å²) in [4.78, 5) is 85.3. The van der Waals surface area contributed by atoms with Crippen LogP contribution in [0.5, 0.6) is 0 Å². The lowest BCUT2D eigenvalue weighted by Crippen LogP contribution is -2.64. The van der Waals surface area contributed by atoms with Crippen LogP contribution in [0, 0.1) is 34.5 Å². The second-order valence-electron chi connectivity index (χ2n) is 21.0. The molecule has 0 aromatic heterocycles. The lowest BCUT2D eigenvalue weighted by Gasteiger charge is -2.41. The number of sulfone groups is 1. The predicted molar refractivity (Wildman–Crippen MR) is 227 cm³/mol. The van der Waals surface area contributed by atoms with Gasteiger partial charge in [-0.1, -0.05) is 92.1 Å². The van der Waals surface area contributed by atoms with E-state index in [0.717, 1.165) is 51.4 Å². The standard InChI is InChI=1S/C44H72N6O8S/c1-10-23-45-38(54)34(51)30(24-27-19-20-27)46-37(53)33-31-29(43(31,8)9)25-50(33)39(55)35(41(2,3)4)48-36(52)32(28-17-13-11-14-18-28)47-40(56)49-44(21-15-12-16-22-44)26-59(57,58)42(5,6)7/h10,27-33,35H,1,11-26H2,2-9H3,(H,45,54)(H,46,53)(H,48,52)(H2,47,49,56)/t29-,30?,31-,32-,33-,35+/m0/s1. The molecular formula is C44H72N6O8S. The fraction of sp³-hybridized carbons (Fsp3) is 0.818. The molecule has 0 spiro atoms. The Morgan fingerprint density at radius 3 is 2.02 bits per heavy atom. The van der Waals surface area contributed by atoms with E-state index in [4.69, 9.17) is 0 Å². The van der Waals surface area contributed by atoms with Crippen LogP contribution < -0.4 is 26.6 Å². The van der Waals surface area contributed by atoms with Crippen LogP contribution >= 0.6 is 0 Å². The number of carbonyl (C=O) groups is 6. The van der Waals surface area contributed by atoms with Crippen LogP contribution in [0.25, 0.3) is 0 Å². The maximum Gasteiger partial charge on any atom is 0.315 e. The van der Waals surface area contributed by atoms with Crippen LogP contribution in [0.1, 0.15) is 139 Å². The molecule has 1 heterocycles. The third-order valence-electron chi connectivity index (χ3n) is 14.0. The molecule has 6 atom stereocenters. The molecule has 1 unspecified atom stereocenters. The topological polar surface area (TPSA) is 200 Å². The van der Waals surface area contributed by atoms with E-state index in [-0.39, 0.29) is 41.4 Å². The second-order valence-corrected chi connectivity index (χ2v) is 23.7. The number of amides is 6. The highest BCUT2D eigenvalue weighted by Crippen LogP contribution is 2.65. The Balaban J connectivity index is 1.36. The number of hydrogen-bond acceptors (Lipinski definition) is 8. The molecule has 6 amide bonds. The second kappa shape index (κ2) is 17.8. The average Bonchev–Trinajstić information content (AvgIpc) is 4.01. The first-order chi connectivity index (χ1) is 27.4. The summed E-state index contributed by atoms with van der Waals surface area (Å²) in [5, 5.41) is 14.4. The van der Waals surface area contributed by atoms with E-state index in [9.17, 15) is 37.2 Å². The van der Waals surface area contributed by atoms with Gasteiger partial charge in [0.05, 0.1) is 22.1 Å². The molecule has 4 saturated carbocycles. The lowest BCUT2D eigenvalue weighted by molar-refractivity contribution is -0.147. The van der Waals surface area contributed by atoms with Gasteiger partial charge in [0.15, 0.2) is 9.84 Å². The van der Waals surface area contributed by atoms with Crippen LogP contribution in [0.4, 0.5) is 4.79 Å². The van der Waals surface area contributed by atoms with Gasteiger partial charge < -0.3 is 31.5 Å². The first-order valence-electron chi connectivity index (χ1n) is 22.1. The third-order valence-corrected chi connectivity index (χ3v) is 16.8. The van der Waals surface area contributed by atoms with Crippen molar-refractivity contribution in [1.29, 1.82) is 0 Å². The van der Waals surface area contributed by atoms with Crippen molar-refractivity contribution < 1.29 is 37.2 Å². The molecular weight excluding hydrogens is 773 g/mol. The largest absolute Gasteiger partial charge is 0.346 e. The van der Waals surface area contributed by atoms with Gasteiger partial charge in [0.25, 0.3) is 5.91 Å². The number of ketones is 1. The quantitative estimate of drug-likeness (QED) is 0.112. The number of nitrogens with one attached hydrogen (secondary N) is 5. The summed E-state index contributed by atoms with van der Waals surface area (Å²) in [6, 6.07) is -4.61. The molecule has 1 saturated heterocycles. The summed E-state index contributed by atoms with van der Waals surface area (Å²) in [6.45, 7) is 18.6. The van der Waals surface area contributed by atoms with Gasteiger partial charge >= 0.3 is 6.03 Å². The third kappa shape index (κ3) is 10.9. The number of likely N-dealkylation sites (tertiary alicyclic amines) is 1. The van der Waals surface area contributed by atoms with Crippen molar-refractivity contribution in [2.45, 2.75) is 173 Å². The molecule has 4 aliphatic carbocycles. The highest BCUT2D eigenvalue weighted by atomic mass is 32.2. The number of fused-ring (bicyclic) bond motifs is 1. The summed E-state index contributed by atoms with van der Waals surface area (Å²) in [5.74, 6) is -3.28. The Morgan fingerprint density at radius 2 is 1.46 bits per heavy atom. The van der Waals surface area contributed by atoms with Crippen LogP contribution in [0.2, 0.25) is 0 Å². The number of rotatable bonds is 16. The van der Waals surface area contributed by atoms with E-state index < -0.39 is 85.1 Å². The molecule has 5 aliphatic rings. The molecule has 14 nitrogen and oxygen atoms in total. The zero-order chi connectivity index (χ0) is 43.7. The Kier molecular flexibility index (Phi) is 14.1. The molecule has 5 fully saturated rings. The van der Waals surface area contributed by atoms with Gasteiger partial charge in [-0.15, -0.1) is 6.58 Å². The highest BCUT2D eigenvalue weighted by molar-refractivity contribution is 7.92. The Hall–Kier alpha value is -3.49. The average molecular weight is 845 g/mol. The number of urea groups is 1. The van der Waals surface area contributed by atoms with Crippen molar-refractivity contribution in [2.75, 3.05) is 18.8 Å². The molecule has 332 valence electrons. The van der Waals surface area contributed by atoms with E-state index in [1.807, 2.05) is 20.8 Å². The molecule has 59 heavy (non-hydrogen) atoms. The van der Waals surface area contributed by atoms with Crippen molar-refractivity contribution in [3.8, 4) is 0 Å². The monoisotopic (exact) mass is 845 g/mol. The van der Waals surface area contributed by atoms with Crippen LogP contribution in [0.15, 0.2) is 12.7 Å². The van der Waals surface area contributed by atoms with Crippen LogP contribution in [0.3, 0.4) is 0 Å². The molecule has 15 heteroatoms. The molecule has 0 aromatic carbocycles. The van der Waals surface area contributed by atoms with Crippen molar-refractivity contribution in [3.05, 3.63) is 12.7 Å². The van der Waals surface area contributed by atoms with Gasteiger partial charge in [-0.3, -0.25) is 24.0 Å². The summed E-state index contributed by atoms with van der Waals surface area (Å²) in [6.07, 6.45) is 11.3. The lowest BCUT2D eigenvalue weighted by atomic mass is 9.81. The minimum Gasteiger partial charge on any atom is -0.346 e. The van der Waals surface area contributed by atoms with Gasteiger partial charge in [0, 0.05) is 13.1 Å². The fourth-order valence-electron chi connectivity index (χ4n) is 9.84. The van der Waals surface area contributed by atoms with Gasteiger partial charge in [-0.25, -0.2) is 13.2 Å². The van der Waals surface area contributed by atoms with Crippen LogP contribution in [-0.2, 0) is 33.8 Å². The number of piperidine rings is 1. The van der Waals surface area contributed by atoms with Crippen molar-refractivity contribution in [3.63, 3.8) is 0 Å².